The van der Waals surface area contributed by atoms with Crippen molar-refractivity contribution in [1.82, 2.24) is 20.2 Å². The molecule has 3 heterocycles. The van der Waals surface area contributed by atoms with Crippen LogP contribution in [0.25, 0.3) is 11.5 Å². The van der Waals surface area contributed by atoms with Gasteiger partial charge in [0.15, 0.2) is 5.82 Å². The molecule has 4 rings (SSSR count). The molecule has 7 heteroatoms. The van der Waals surface area contributed by atoms with Gasteiger partial charge in [-0.2, -0.15) is 0 Å². The lowest BCUT2D eigenvalue weighted by Gasteiger charge is -2.34. The Morgan fingerprint density at radius 3 is 2.54 bits per heavy atom. The number of hydrogen-bond donors (Lipinski definition) is 0. The Hall–Kier alpha value is -2.67. The van der Waals surface area contributed by atoms with Gasteiger partial charge >= 0.3 is 0 Å². The van der Waals surface area contributed by atoms with Crippen LogP contribution < -0.4 is 4.90 Å². The minimum Gasteiger partial charge on any atom is -0.441 e. The fourth-order valence-electron chi connectivity index (χ4n) is 3.32. The molecular formula is C19H23N5O2. The third-order valence-electron chi connectivity index (χ3n) is 4.83. The highest BCUT2D eigenvalue weighted by atomic mass is 16.6. The Morgan fingerprint density at radius 1 is 1.04 bits per heavy atom. The topological polar surface area (TPSA) is 71.4 Å². The summed E-state index contributed by atoms with van der Waals surface area (Å²) >= 11 is 0. The second kappa shape index (κ2) is 6.92. The van der Waals surface area contributed by atoms with E-state index in [-0.39, 0.29) is 0 Å². The number of hydrogen-bond acceptors (Lipinski definition) is 7. The molecule has 0 aliphatic carbocycles. The van der Waals surface area contributed by atoms with Crippen LogP contribution in [0.15, 0.2) is 33.3 Å². The maximum absolute atomic E-state index is 5.91. The molecule has 1 aliphatic heterocycles. The molecule has 0 N–H and O–H groups in total. The number of aromatic nitrogens is 3. The molecule has 1 aliphatic rings. The largest absolute Gasteiger partial charge is 0.441 e. The average molecular weight is 353 g/mol. The van der Waals surface area contributed by atoms with Crippen LogP contribution >= 0.6 is 0 Å². The number of aryl methyl sites for hydroxylation is 3. The fraction of sp³-hybridized carbons (Fsp3) is 0.421. The first-order valence-corrected chi connectivity index (χ1v) is 8.90. The predicted molar refractivity (Wildman–Crippen MR) is 97.9 cm³/mol. The van der Waals surface area contributed by atoms with Crippen LogP contribution in [0.2, 0.25) is 0 Å². The lowest BCUT2D eigenvalue weighted by atomic mass is 10.1. The maximum Gasteiger partial charge on any atom is 0.226 e. The lowest BCUT2D eigenvalue weighted by Crippen LogP contribution is -2.46. The standard InChI is InChI=1S/C19H23N5O2/c1-13-5-4-6-16(11-13)19-20-17(15(3)25-19)12-23-7-9-24(10-8-23)18-14(2)21-26-22-18/h4-6,11H,7-10,12H2,1-3H3. The zero-order chi connectivity index (χ0) is 18.1. The van der Waals surface area contributed by atoms with Gasteiger partial charge in [0.05, 0.1) is 5.69 Å². The second-order valence-electron chi connectivity index (χ2n) is 6.83. The monoisotopic (exact) mass is 353 g/mol. The maximum atomic E-state index is 5.91. The van der Waals surface area contributed by atoms with Gasteiger partial charge in [0, 0.05) is 38.3 Å². The highest BCUT2D eigenvalue weighted by Crippen LogP contribution is 2.24. The Labute approximate surface area is 152 Å². The molecule has 7 nitrogen and oxygen atoms in total. The fourth-order valence-corrected chi connectivity index (χ4v) is 3.32. The number of benzene rings is 1. The van der Waals surface area contributed by atoms with Gasteiger partial charge in [-0.15, -0.1) is 0 Å². The number of piperazine rings is 1. The van der Waals surface area contributed by atoms with Gasteiger partial charge in [-0.05, 0) is 38.1 Å². The van der Waals surface area contributed by atoms with E-state index in [4.69, 9.17) is 14.0 Å². The van der Waals surface area contributed by atoms with E-state index in [0.29, 0.717) is 5.89 Å². The quantitative estimate of drug-likeness (QED) is 0.714. The predicted octanol–water partition coefficient (Wildman–Crippen LogP) is 2.97. The molecule has 0 amide bonds. The lowest BCUT2D eigenvalue weighted by molar-refractivity contribution is 0.243. The molecule has 0 unspecified atom stereocenters. The summed E-state index contributed by atoms with van der Waals surface area (Å²) in [4.78, 5) is 9.35. The van der Waals surface area contributed by atoms with Crippen molar-refractivity contribution in [3.05, 3.63) is 47.0 Å². The second-order valence-corrected chi connectivity index (χ2v) is 6.83. The van der Waals surface area contributed by atoms with Gasteiger partial charge in [-0.25, -0.2) is 9.61 Å². The van der Waals surface area contributed by atoms with E-state index in [9.17, 15) is 0 Å². The van der Waals surface area contributed by atoms with E-state index in [2.05, 4.69) is 39.2 Å². The van der Waals surface area contributed by atoms with Crippen molar-refractivity contribution in [2.24, 2.45) is 0 Å². The van der Waals surface area contributed by atoms with Gasteiger partial charge in [0.1, 0.15) is 11.5 Å². The van der Waals surface area contributed by atoms with Gasteiger partial charge < -0.3 is 9.32 Å². The highest BCUT2D eigenvalue weighted by Gasteiger charge is 2.23. The molecule has 0 atom stereocenters. The van der Waals surface area contributed by atoms with Gasteiger partial charge in [0.25, 0.3) is 0 Å². The number of oxazole rings is 1. The van der Waals surface area contributed by atoms with Crippen LogP contribution in [0.1, 0.15) is 22.7 Å². The Morgan fingerprint density at radius 2 is 1.85 bits per heavy atom. The summed E-state index contributed by atoms with van der Waals surface area (Å²) < 4.78 is 10.7. The number of anilines is 1. The molecule has 2 aromatic heterocycles. The molecule has 26 heavy (non-hydrogen) atoms. The van der Waals surface area contributed by atoms with Crippen LogP contribution in [0.5, 0.6) is 0 Å². The minimum atomic E-state index is 0.698. The van der Waals surface area contributed by atoms with Crippen LogP contribution in [0, 0.1) is 20.8 Å². The van der Waals surface area contributed by atoms with E-state index in [0.717, 1.165) is 61.3 Å². The van der Waals surface area contributed by atoms with Crippen LogP contribution in [0.4, 0.5) is 5.82 Å². The number of nitrogens with zero attached hydrogens (tertiary/aromatic N) is 5. The normalized spacial score (nSPS) is 15.6. The van der Waals surface area contributed by atoms with Gasteiger partial charge in [0.2, 0.25) is 5.89 Å². The van der Waals surface area contributed by atoms with Crippen LogP contribution in [-0.4, -0.2) is 46.4 Å². The summed E-state index contributed by atoms with van der Waals surface area (Å²) in [5.74, 6) is 2.44. The van der Waals surface area contributed by atoms with Crippen molar-refractivity contribution in [1.29, 1.82) is 0 Å². The molecule has 0 bridgehead atoms. The van der Waals surface area contributed by atoms with Crippen molar-refractivity contribution in [2.75, 3.05) is 31.1 Å². The molecule has 3 aromatic rings. The van der Waals surface area contributed by atoms with Crippen molar-refractivity contribution in [2.45, 2.75) is 27.3 Å². The van der Waals surface area contributed by atoms with Crippen molar-refractivity contribution in [3.63, 3.8) is 0 Å². The van der Waals surface area contributed by atoms with E-state index >= 15 is 0 Å². The van der Waals surface area contributed by atoms with Crippen LogP contribution in [-0.2, 0) is 6.54 Å². The smallest absolute Gasteiger partial charge is 0.226 e. The molecular weight excluding hydrogens is 330 g/mol. The summed E-state index contributed by atoms with van der Waals surface area (Å²) in [6.07, 6.45) is 0. The van der Waals surface area contributed by atoms with E-state index in [1.165, 1.54) is 5.56 Å². The highest BCUT2D eigenvalue weighted by molar-refractivity contribution is 5.54. The van der Waals surface area contributed by atoms with Crippen molar-refractivity contribution < 1.29 is 9.05 Å². The summed E-state index contributed by atoms with van der Waals surface area (Å²) in [5.41, 5.74) is 4.08. The third kappa shape index (κ3) is 3.35. The number of rotatable bonds is 4. The molecule has 0 saturated carbocycles. The summed E-state index contributed by atoms with van der Waals surface area (Å²) in [6.45, 7) is 10.5. The zero-order valence-corrected chi connectivity index (χ0v) is 15.4. The Balaban J connectivity index is 1.42. The molecule has 0 spiro atoms. The van der Waals surface area contributed by atoms with Crippen molar-refractivity contribution in [3.8, 4) is 11.5 Å². The van der Waals surface area contributed by atoms with E-state index < -0.39 is 0 Å². The molecule has 136 valence electrons. The first-order chi connectivity index (χ1) is 12.6. The summed E-state index contributed by atoms with van der Waals surface area (Å²) in [6, 6.07) is 8.24. The van der Waals surface area contributed by atoms with Crippen molar-refractivity contribution >= 4 is 5.82 Å². The summed E-state index contributed by atoms with van der Waals surface area (Å²) in [7, 11) is 0. The Bertz CT molecular complexity index is 893. The van der Waals surface area contributed by atoms with E-state index in [1.54, 1.807) is 0 Å². The molecule has 1 aromatic carbocycles. The van der Waals surface area contributed by atoms with Gasteiger partial charge in [-0.1, -0.05) is 22.9 Å². The first kappa shape index (κ1) is 16.8. The Kier molecular flexibility index (Phi) is 4.46. The molecule has 1 fully saturated rings. The molecule has 0 radical (unpaired) electrons. The average Bonchev–Trinajstić information content (AvgIpc) is 3.22. The van der Waals surface area contributed by atoms with Crippen LogP contribution in [0.3, 0.4) is 0 Å². The van der Waals surface area contributed by atoms with Gasteiger partial charge in [-0.3, -0.25) is 4.90 Å². The minimum absolute atomic E-state index is 0.698. The SMILES string of the molecule is Cc1cccc(-c2nc(CN3CCN(c4nonc4C)CC3)c(C)o2)c1. The van der Waals surface area contributed by atoms with E-state index in [1.807, 2.05) is 26.0 Å². The molecule has 1 saturated heterocycles. The zero-order valence-electron chi connectivity index (χ0n) is 15.4. The first-order valence-electron chi connectivity index (χ1n) is 8.90. The third-order valence-corrected chi connectivity index (χ3v) is 4.83. The summed E-state index contributed by atoms with van der Waals surface area (Å²) in [5, 5.41) is 7.86.